The Hall–Kier alpha value is -5.47. The molecule has 302 valence electrons. The fourth-order valence-corrected chi connectivity index (χ4v) is 8.80. The summed E-state index contributed by atoms with van der Waals surface area (Å²) in [5.74, 6) is -5.99. The molecule has 0 heterocycles. The van der Waals surface area contributed by atoms with Crippen LogP contribution >= 0.6 is 0 Å². The third-order valence-electron chi connectivity index (χ3n) is 11.8. The van der Waals surface area contributed by atoms with Crippen molar-refractivity contribution < 1.29 is 55.7 Å². The molecule has 0 aliphatic heterocycles. The lowest BCUT2D eigenvalue weighted by molar-refractivity contribution is -0.147. The number of rotatable bonds is 11. The molecular formula is C42H42F5N3O7. The summed E-state index contributed by atoms with van der Waals surface area (Å²) in [4.78, 5) is 52.9. The monoisotopic (exact) mass is 795 g/mol. The first kappa shape index (κ1) is 39.8. The highest BCUT2D eigenvalue weighted by molar-refractivity contribution is 6.00. The lowest BCUT2D eigenvalue weighted by atomic mass is 9.83. The van der Waals surface area contributed by atoms with E-state index in [-0.39, 0.29) is 51.6 Å². The summed E-state index contributed by atoms with van der Waals surface area (Å²) in [6.07, 6.45) is 2.36. The summed E-state index contributed by atoms with van der Waals surface area (Å²) in [5, 5.41) is 18.1. The fourth-order valence-electron chi connectivity index (χ4n) is 8.80. The Kier molecular flexibility index (Phi) is 11.3. The van der Waals surface area contributed by atoms with Gasteiger partial charge in [-0.3, -0.25) is 9.59 Å². The highest BCUT2D eigenvalue weighted by Crippen LogP contribution is 2.54. The summed E-state index contributed by atoms with van der Waals surface area (Å²) in [5.41, 5.74) is -0.698. The van der Waals surface area contributed by atoms with E-state index in [2.05, 4.69) is 22.0 Å². The molecule has 3 amide bonds. The summed E-state index contributed by atoms with van der Waals surface area (Å²) in [6.45, 7) is 0. The first-order chi connectivity index (χ1) is 27.2. The predicted octanol–water partition coefficient (Wildman–Crippen LogP) is 8.57. The molecule has 4 saturated carbocycles. The van der Waals surface area contributed by atoms with Crippen molar-refractivity contribution in [3.63, 3.8) is 0 Å². The lowest BCUT2D eigenvalue weighted by Gasteiger charge is -2.30. The van der Waals surface area contributed by atoms with Gasteiger partial charge in [0.05, 0.1) is 24.2 Å². The predicted molar refractivity (Wildman–Crippen MR) is 197 cm³/mol. The normalized spacial score (nSPS) is 23.2. The molecule has 0 spiro atoms. The van der Waals surface area contributed by atoms with Crippen molar-refractivity contribution in [2.45, 2.75) is 82.2 Å². The molecule has 4 fully saturated rings. The van der Waals surface area contributed by atoms with E-state index < -0.39 is 65.3 Å². The summed E-state index contributed by atoms with van der Waals surface area (Å²) >= 11 is 0. The van der Waals surface area contributed by atoms with Crippen molar-refractivity contribution in [3.05, 3.63) is 94.6 Å². The Balaban J connectivity index is 1.18. The second-order valence-electron chi connectivity index (χ2n) is 15.3. The highest BCUT2D eigenvalue weighted by atomic mass is 19.4. The van der Waals surface area contributed by atoms with Gasteiger partial charge in [-0.25, -0.2) is 18.4 Å². The lowest BCUT2D eigenvalue weighted by Crippen LogP contribution is -2.48. The van der Waals surface area contributed by atoms with Crippen molar-refractivity contribution >= 4 is 29.6 Å². The van der Waals surface area contributed by atoms with Gasteiger partial charge in [-0.05, 0) is 105 Å². The number of alkyl halides is 3. The fraction of sp³-hybridized carbons (Fsp3) is 0.429. The quantitative estimate of drug-likeness (QED) is 0.113. The van der Waals surface area contributed by atoms with Gasteiger partial charge in [0.15, 0.2) is 0 Å². The van der Waals surface area contributed by atoms with Gasteiger partial charge in [0.25, 0.3) is 5.91 Å². The summed E-state index contributed by atoms with van der Waals surface area (Å²) in [7, 11) is 1.34. The maximum Gasteiger partial charge on any atom is 0.419 e. The van der Waals surface area contributed by atoms with E-state index in [1.807, 2.05) is 0 Å². The minimum atomic E-state index is -4.99. The number of benzene rings is 3. The molecule has 4 N–H and O–H groups in total. The largest absolute Gasteiger partial charge is 0.496 e. The summed E-state index contributed by atoms with van der Waals surface area (Å²) < 4.78 is 80.8. The number of halogens is 5. The van der Waals surface area contributed by atoms with Gasteiger partial charge in [0.1, 0.15) is 17.4 Å². The summed E-state index contributed by atoms with van der Waals surface area (Å²) in [6, 6.07) is 9.09. The standard InChI is InChI=1S/C42H42F5N3O7/c1-56-34-16-10-22(28-19-23(9-14-32(28)43)37(40(53)54)57-41(55)49-24-7-4-8-24)18-30(34)38(51)50-36-27-13-12-26(29(27)17-21-5-2-3-6-21)35(36)39(52)48-25-11-15-33(44)31(20-25)42(45,46)47/h9-11,14-21,24,26-27,35-37H,2-8,12-13H2,1H3,(H,48,52)(H,49,55)(H,50,51)(H,53,54)/b29-17-/t26?,27?,35-,36?,37?/m0/s1. The van der Waals surface area contributed by atoms with Crippen LogP contribution in [0.15, 0.2) is 66.2 Å². The van der Waals surface area contributed by atoms with Gasteiger partial charge >= 0.3 is 18.2 Å². The molecule has 0 radical (unpaired) electrons. The zero-order valence-electron chi connectivity index (χ0n) is 31.0. The number of carboxylic acids is 1. The van der Waals surface area contributed by atoms with Crippen molar-refractivity contribution in [1.82, 2.24) is 10.6 Å². The van der Waals surface area contributed by atoms with E-state index in [1.165, 1.54) is 37.4 Å². The first-order valence-electron chi connectivity index (χ1n) is 19.1. The Morgan fingerprint density at radius 2 is 1.56 bits per heavy atom. The number of carboxylic acid groups (broad SMARTS) is 1. The van der Waals surface area contributed by atoms with Gasteiger partial charge in [-0.1, -0.05) is 36.6 Å². The number of aliphatic carboxylic acids is 1. The average Bonchev–Trinajstić information content (AvgIpc) is 3.89. The van der Waals surface area contributed by atoms with E-state index in [9.17, 15) is 41.8 Å². The van der Waals surface area contributed by atoms with Gasteiger partial charge in [-0.2, -0.15) is 13.2 Å². The molecule has 4 aliphatic carbocycles. The molecule has 3 aromatic carbocycles. The van der Waals surface area contributed by atoms with E-state index >= 15 is 4.39 Å². The zero-order valence-corrected chi connectivity index (χ0v) is 31.0. The molecule has 57 heavy (non-hydrogen) atoms. The number of hydrogen-bond acceptors (Lipinski definition) is 6. The SMILES string of the molecule is COc1ccc(-c2cc(C(OC(=O)NC3CCC3)C(=O)O)ccc2F)cc1C(=O)NC1C2CCC(/C2=C/C2CCCC2)[C@@H]1C(=O)Nc1ccc(F)c(C(F)(F)F)c1. The number of amides is 3. The van der Waals surface area contributed by atoms with E-state index in [4.69, 9.17) is 9.47 Å². The van der Waals surface area contributed by atoms with Crippen LogP contribution in [0.5, 0.6) is 5.75 Å². The number of nitrogens with one attached hydrogen (secondary N) is 3. The van der Waals surface area contributed by atoms with Crippen molar-refractivity contribution in [1.29, 1.82) is 0 Å². The van der Waals surface area contributed by atoms with Crippen LogP contribution in [0.3, 0.4) is 0 Å². The van der Waals surface area contributed by atoms with Gasteiger partial charge in [0.2, 0.25) is 12.0 Å². The molecule has 0 saturated heterocycles. The van der Waals surface area contributed by atoms with Crippen LogP contribution in [0.1, 0.15) is 85.4 Å². The Bertz CT molecular complexity index is 2100. The minimum Gasteiger partial charge on any atom is -0.496 e. The van der Waals surface area contributed by atoms with Crippen molar-refractivity contribution in [2.24, 2.45) is 23.7 Å². The smallest absolute Gasteiger partial charge is 0.419 e. The second-order valence-corrected chi connectivity index (χ2v) is 15.3. The van der Waals surface area contributed by atoms with Crippen molar-refractivity contribution in [2.75, 3.05) is 12.4 Å². The molecule has 15 heteroatoms. The average molecular weight is 796 g/mol. The number of allylic oxidation sites excluding steroid dienone is 1. The van der Waals surface area contributed by atoms with Gasteiger partial charge in [-0.15, -0.1) is 0 Å². The molecule has 2 bridgehead atoms. The van der Waals surface area contributed by atoms with Gasteiger partial charge in [0, 0.05) is 34.8 Å². The van der Waals surface area contributed by atoms with E-state index in [0.717, 1.165) is 62.7 Å². The molecule has 3 aromatic rings. The second kappa shape index (κ2) is 16.2. The van der Waals surface area contributed by atoms with Crippen LogP contribution in [0.25, 0.3) is 11.1 Å². The van der Waals surface area contributed by atoms with Crippen LogP contribution in [0, 0.1) is 35.3 Å². The third kappa shape index (κ3) is 8.33. The number of methoxy groups -OCH3 is 1. The number of carbonyl (C=O) groups is 4. The van der Waals surface area contributed by atoms with E-state index in [1.54, 1.807) is 0 Å². The molecular weight excluding hydrogens is 753 g/mol. The Morgan fingerprint density at radius 3 is 2.23 bits per heavy atom. The van der Waals surface area contributed by atoms with Crippen molar-refractivity contribution in [3.8, 4) is 16.9 Å². The Labute approximate surface area is 325 Å². The molecule has 4 unspecified atom stereocenters. The maximum absolute atomic E-state index is 15.5. The number of ether oxygens (including phenoxy) is 2. The number of anilines is 1. The number of carbonyl (C=O) groups excluding carboxylic acids is 3. The van der Waals surface area contributed by atoms with Crippen LogP contribution in [-0.4, -0.2) is 48.2 Å². The Morgan fingerprint density at radius 1 is 0.842 bits per heavy atom. The topological polar surface area (TPSA) is 143 Å². The minimum absolute atomic E-state index is 0.0228. The zero-order chi connectivity index (χ0) is 40.6. The highest BCUT2D eigenvalue weighted by Gasteiger charge is 2.55. The molecule has 0 aromatic heterocycles. The maximum atomic E-state index is 15.5. The third-order valence-corrected chi connectivity index (χ3v) is 11.8. The van der Waals surface area contributed by atoms with Crippen LogP contribution < -0.4 is 20.7 Å². The molecule has 10 nitrogen and oxygen atoms in total. The van der Waals surface area contributed by atoms with Crippen LogP contribution in [-0.2, 0) is 20.5 Å². The number of alkyl carbamates (subject to hydrolysis) is 1. The van der Waals surface area contributed by atoms with Crippen LogP contribution in [0.2, 0.25) is 0 Å². The van der Waals surface area contributed by atoms with E-state index in [0.29, 0.717) is 30.9 Å². The molecule has 5 atom stereocenters. The van der Waals surface area contributed by atoms with Gasteiger partial charge < -0.3 is 30.5 Å². The molecule has 4 aliphatic rings. The van der Waals surface area contributed by atoms with Crippen LogP contribution in [0.4, 0.5) is 32.4 Å². The molecule has 7 rings (SSSR count). The number of hydrogen-bond donors (Lipinski definition) is 4. The first-order valence-corrected chi connectivity index (χ1v) is 19.1. The number of fused-ring (bicyclic) bond motifs is 2.